The summed E-state index contributed by atoms with van der Waals surface area (Å²) in [4.78, 5) is 10.7. The molecule has 0 fully saturated rings. The fraction of sp³-hybridized carbons (Fsp3) is 0.0857. The van der Waals surface area contributed by atoms with Crippen molar-refractivity contribution in [3.63, 3.8) is 0 Å². The molecule has 0 radical (unpaired) electrons. The quantitative estimate of drug-likeness (QED) is 0.173. The Kier molecular flexibility index (Phi) is 9.42. The van der Waals surface area contributed by atoms with E-state index in [0.717, 1.165) is 156 Å². The van der Waals surface area contributed by atoms with Gasteiger partial charge in [-0.2, -0.15) is 0 Å². The highest BCUT2D eigenvalue weighted by Crippen LogP contribution is 2.52. The van der Waals surface area contributed by atoms with Gasteiger partial charge in [0.15, 0.2) is 0 Å². The maximum absolute atomic E-state index is 9.72. The third-order valence-corrected chi connectivity index (χ3v) is 15.2. The number of nitrogens with zero attached hydrogens (tertiary/aromatic N) is 2. The van der Waals surface area contributed by atoms with E-state index in [1.807, 2.05) is 52.1 Å². The molecule has 73 heavy (non-hydrogen) atoms. The topological polar surface area (TPSA) is 38.9 Å². The SMILES string of the molecule is [2H]C(C)(C)c1cc(C([2H])(C)C)c(-c2ccc3c(c2)-c2ccccc2-c2ccccc2-c2ncccc2-3)nc1-c1ccc2c(c1)-c1ccccc1-c1ccccc1-c1cc(-c3cccc4c3oc3ccccc34)ccc1-2. The fourth-order valence-corrected chi connectivity index (χ4v) is 11.8. The highest BCUT2D eigenvalue weighted by atomic mass is 16.3. The van der Waals surface area contributed by atoms with Crippen LogP contribution >= 0.6 is 0 Å². The fourth-order valence-electron chi connectivity index (χ4n) is 11.8. The minimum absolute atomic E-state index is 0.727. The monoisotopic (exact) mass is 936 g/mol. The first kappa shape index (κ1) is 40.8. The second-order valence-corrected chi connectivity index (χ2v) is 19.9. The highest BCUT2D eigenvalue weighted by molar-refractivity contribution is 6.11. The lowest BCUT2D eigenvalue weighted by Crippen LogP contribution is -2.05. The Hall–Kier alpha value is -8.92. The predicted molar refractivity (Wildman–Crippen MR) is 304 cm³/mol. The summed E-state index contributed by atoms with van der Waals surface area (Å²) in [7, 11) is 0. The molecule has 0 saturated carbocycles. The van der Waals surface area contributed by atoms with Gasteiger partial charge in [0.25, 0.3) is 0 Å². The molecule has 3 aromatic heterocycles. The molecule has 0 bridgehead atoms. The first-order valence-corrected chi connectivity index (χ1v) is 25.2. The van der Waals surface area contributed by atoms with Gasteiger partial charge in [-0.1, -0.05) is 210 Å². The molecule has 0 atom stereocenters. The van der Waals surface area contributed by atoms with Crippen molar-refractivity contribution in [2.24, 2.45) is 0 Å². The molecule has 3 heteroatoms. The largest absolute Gasteiger partial charge is 0.455 e. The third kappa shape index (κ3) is 6.80. The molecule has 346 valence electrons. The number of hydrogen-bond acceptors (Lipinski definition) is 3. The molecule has 0 amide bonds. The lowest BCUT2D eigenvalue weighted by molar-refractivity contribution is 0.670. The highest BCUT2D eigenvalue weighted by Gasteiger charge is 2.28. The summed E-state index contributed by atoms with van der Waals surface area (Å²) in [5.74, 6) is -2.10. The van der Waals surface area contributed by atoms with Crippen LogP contribution < -0.4 is 0 Å². The zero-order chi connectivity index (χ0) is 50.7. The summed E-state index contributed by atoms with van der Waals surface area (Å²) >= 11 is 0. The van der Waals surface area contributed by atoms with Gasteiger partial charge in [0.1, 0.15) is 11.2 Å². The van der Waals surface area contributed by atoms with Gasteiger partial charge in [-0.3, -0.25) is 4.98 Å². The molecule has 12 aromatic rings. The number of fused-ring (bicyclic) bond motifs is 19. The molecule has 14 rings (SSSR count). The van der Waals surface area contributed by atoms with Crippen molar-refractivity contribution in [3.05, 3.63) is 230 Å². The van der Waals surface area contributed by atoms with Gasteiger partial charge in [-0.25, -0.2) is 4.98 Å². The smallest absolute Gasteiger partial charge is 0.143 e. The van der Waals surface area contributed by atoms with Crippen LogP contribution in [-0.2, 0) is 0 Å². The Balaban J connectivity index is 0.989. The molecular formula is C70H50N2O. The standard InChI is InChI=1S/C70H50N2O/c1-41(2)61-40-62(42(3)4)68(45-32-35-56-59-28-16-36-71-69(59)58-25-12-11-20-50(58)49-19-7-10-23-53(49)65(56)39-45)72-67(61)44-31-34-55-54-33-30-43(46-26-15-27-60-57-24-13-14-29-66(57)73-70(46)60)37-63(54)51-21-8-5-17-47(51)48-18-6-9-22-52(48)64(55)38-44/h5-42H,1-4H3/i41D,42D. The summed E-state index contributed by atoms with van der Waals surface area (Å²) in [5.41, 5.74) is 26.4. The van der Waals surface area contributed by atoms with Crippen molar-refractivity contribution in [2.45, 2.75) is 39.5 Å². The van der Waals surface area contributed by atoms with Crippen molar-refractivity contribution in [1.29, 1.82) is 0 Å². The Labute approximate surface area is 429 Å². The van der Waals surface area contributed by atoms with E-state index in [2.05, 4.69) is 194 Å². The molecule has 2 aliphatic carbocycles. The van der Waals surface area contributed by atoms with Crippen LogP contribution in [0.1, 0.15) is 53.4 Å². The van der Waals surface area contributed by atoms with Gasteiger partial charge in [-0.05, 0) is 131 Å². The summed E-state index contributed by atoms with van der Waals surface area (Å²) in [6.07, 6.45) is 1.88. The number of rotatable bonds is 5. The molecule has 3 heterocycles. The number of aromatic nitrogens is 2. The van der Waals surface area contributed by atoms with Crippen molar-refractivity contribution < 1.29 is 7.16 Å². The number of pyridine rings is 2. The second kappa shape index (κ2) is 16.9. The van der Waals surface area contributed by atoms with Crippen molar-refractivity contribution in [1.82, 2.24) is 9.97 Å². The lowest BCUT2D eigenvalue weighted by Gasteiger charge is -2.25. The summed E-state index contributed by atoms with van der Waals surface area (Å²) in [5, 5.41) is 2.21. The van der Waals surface area contributed by atoms with E-state index in [4.69, 9.17) is 14.4 Å². The molecule has 0 unspecified atom stereocenters. The summed E-state index contributed by atoms with van der Waals surface area (Å²) in [6, 6.07) is 75.9. The first-order valence-electron chi connectivity index (χ1n) is 26.2. The Morgan fingerprint density at radius 1 is 0.329 bits per heavy atom. The van der Waals surface area contributed by atoms with Crippen LogP contribution in [0.15, 0.2) is 223 Å². The van der Waals surface area contributed by atoms with Crippen molar-refractivity contribution in [2.75, 3.05) is 0 Å². The molecule has 0 N–H and O–H groups in total. The molecular weight excluding hydrogens is 885 g/mol. The van der Waals surface area contributed by atoms with Gasteiger partial charge in [-0.15, -0.1) is 0 Å². The van der Waals surface area contributed by atoms with Crippen LogP contribution in [-0.4, -0.2) is 9.97 Å². The zero-order valence-corrected chi connectivity index (χ0v) is 41.1. The van der Waals surface area contributed by atoms with Gasteiger partial charge in [0.2, 0.25) is 0 Å². The molecule has 0 aliphatic heterocycles. The minimum atomic E-state index is -1.05. The number of para-hydroxylation sites is 2. The first-order chi connectivity index (χ1) is 36.5. The van der Waals surface area contributed by atoms with Crippen LogP contribution in [0.25, 0.3) is 145 Å². The van der Waals surface area contributed by atoms with Gasteiger partial charge < -0.3 is 4.42 Å². The Bertz CT molecular complexity index is 4330. The summed E-state index contributed by atoms with van der Waals surface area (Å²) in [6.45, 7) is 7.71. The number of benzene rings is 9. The van der Waals surface area contributed by atoms with E-state index in [0.29, 0.717) is 0 Å². The third-order valence-electron chi connectivity index (χ3n) is 15.2. The second-order valence-electron chi connectivity index (χ2n) is 19.9. The average Bonchev–Trinajstić information content (AvgIpc) is 3.86. The van der Waals surface area contributed by atoms with Crippen LogP contribution in [0.2, 0.25) is 0 Å². The van der Waals surface area contributed by atoms with E-state index in [1.54, 1.807) is 0 Å². The Morgan fingerprint density at radius 3 is 1.27 bits per heavy atom. The molecule has 0 spiro atoms. The average molecular weight is 937 g/mol. The van der Waals surface area contributed by atoms with Gasteiger partial charge >= 0.3 is 0 Å². The van der Waals surface area contributed by atoms with Crippen LogP contribution in [0.4, 0.5) is 0 Å². The maximum atomic E-state index is 9.72. The zero-order valence-electron chi connectivity index (χ0n) is 43.1. The molecule has 0 saturated heterocycles. The van der Waals surface area contributed by atoms with E-state index < -0.39 is 11.8 Å². The van der Waals surface area contributed by atoms with Crippen LogP contribution in [0, 0.1) is 0 Å². The lowest BCUT2D eigenvalue weighted by atomic mass is 9.79. The molecule has 2 aliphatic rings. The van der Waals surface area contributed by atoms with Crippen LogP contribution in [0.5, 0.6) is 0 Å². The van der Waals surface area contributed by atoms with E-state index in [1.165, 1.54) is 0 Å². The Morgan fingerprint density at radius 2 is 0.726 bits per heavy atom. The predicted octanol–water partition coefficient (Wildman–Crippen LogP) is 19.6. The maximum Gasteiger partial charge on any atom is 0.143 e. The van der Waals surface area contributed by atoms with Gasteiger partial charge in [0, 0.05) is 47.5 Å². The minimum Gasteiger partial charge on any atom is -0.455 e. The molecule has 3 nitrogen and oxygen atoms in total. The van der Waals surface area contributed by atoms with E-state index in [9.17, 15) is 2.74 Å². The van der Waals surface area contributed by atoms with Crippen molar-refractivity contribution in [3.8, 4) is 123 Å². The summed E-state index contributed by atoms with van der Waals surface area (Å²) < 4.78 is 26.0. The van der Waals surface area contributed by atoms with E-state index >= 15 is 0 Å². The van der Waals surface area contributed by atoms with Gasteiger partial charge in [0.05, 0.1) is 17.1 Å². The van der Waals surface area contributed by atoms with Crippen LogP contribution in [0.3, 0.4) is 0 Å². The normalized spacial score (nSPS) is 12.8. The van der Waals surface area contributed by atoms with E-state index in [-0.39, 0.29) is 0 Å². The number of hydrogen-bond donors (Lipinski definition) is 0. The molecule has 9 aromatic carbocycles. The van der Waals surface area contributed by atoms with Crippen molar-refractivity contribution >= 4 is 21.9 Å². The number of furan rings is 1.